The first kappa shape index (κ1) is 14.1. The second kappa shape index (κ2) is 6.30. The van der Waals surface area contributed by atoms with Crippen molar-refractivity contribution in [3.05, 3.63) is 82.9 Å². The van der Waals surface area contributed by atoms with E-state index in [1.54, 1.807) is 0 Å². The van der Waals surface area contributed by atoms with Crippen molar-refractivity contribution < 1.29 is 0 Å². The number of rotatable bonds is 4. The minimum absolute atomic E-state index is 0.313. The topological polar surface area (TPSA) is 26.0 Å². The van der Waals surface area contributed by atoms with E-state index in [0.29, 0.717) is 12.5 Å². The van der Waals surface area contributed by atoms with Crippen LogP contribution in [-0.2, 0) is 6.42 Å². The highest BCUT2D eigenvalue weighted by molar-refractivity contribution is 6.30. The molecule has 0 aliphatic carbocycles. The van der Waals surface area contributed by atoms with Crippen LogP contribution in [-0.4, -0.2) is 6.54 Å². The van der Waals surface area contributed by atoms with E-state index in [9.17, 15) is 0 Å². The van der Waals surface area contributed by atoms with Gasteiger partial charge in [-0.15, -0.1) is 0 Å². The minimum atomic E-state index is 0.313. The normalized spacial score (nSPS) is 12.5. The number of nitrogens with two attached hydrogens (primary N) is 1. The number of hydrogen-bond donors (Lipinski definition) is 1. The second-order valence-electron chi connectivity index (χ2n) is 5.33. The third-order valence-electron chi connectivity index (χ3n) is 3.97. The lowest BCUT2D eigenvalue weighted by Crippen LogP contribution is -2.15. The van der Waals surface area contributed by atoms with E-state index in [1.165, 1.54) is 21.9 Å². The molecule has 106 valence electrons. The maximum Gasteiger partial charge on any atom is 0.0406 e. The Hall–Kier alpha value is -1.83. The van der Waals surface area contributed by atoms with Gasteiger partial charge in [0.15, 0.2) is 0 Å². The summed E-state index contributed by atoms with van der Waals surface area (Å²) in [6.45, 7) is 0.630. The number of fused-ring (bicyclic) bond motifs is 1. The van der Waals surface area contributed by atoms with Gasteiger partial charge in [-0.2, -0.15) is 0 Å². The zero-order valence-electron chi connectivity index (χ0n) is 11.8. The number of benzene rings is 3. The second-order valence-corrected chi connectivity index (χ2v) is 5.76. The lowest BCUT2D eigenvalue weighted by atomic mass is 9.90. The third-order valence-corrected chi connectivity index (χ3v) is 4.22. The maximum atomic E-state index is 6.00. The molecule has 0 aliphatic rings. The largest absolute Gasteiger partial charge is 0.330 e. The van der Waals surface area contributed by atoms with E-state index in [2.05, 4.69) is 54.6 Å². The molecule has 0 heterocycles. The molecule has 2 N–H and O–H groups in total. The summed E-state index contributed by atoms with van der Waals surface area (Å²) in [5, 5.41) is 3.36. The third kappa shape index (κ3) is 3.10. The molecule has 0 fully saturated rings. The fourth-order valence-corrected chi connectivity index (χ4v) is 2.93. The van der Waals surface area contributed by atoms with Gasteiger partial charge in [0.25, 0.3) is 0 Å². The molecule has 1 atom stereocenters. The smallest absolute Gasteiger partial charge is 0.0406 e. The SMILES string of the molecule is NCC(Cc1cccc2ccccc12)c1ccc(Cl)cc1. The zero-order chi connectivity index (χ0) is 14.7. The Morgan fingerprint density at radius 3 is 2.33 bits per heavy atom. The van der Waals surface area contributed by atoms with E-state index in [0.717, 1.165) is 11.4 Å². The summed E-state index contributed by atoms with van der Waals surface area (Å²) in [6.07, 6.45) is 0.944. The molecule has 0 spiro atoms. The van der Waals surface area contributed by atoms with Gasteiger partial charge in [0.2, 0.25) is 0 Å². The summed E-state index contributed by atoms with van der Waals surface area (Å²) < 4.78 is 0. The Morgan fingerprint density at radius 1 is 0.857 bits per heavy atom. The van der Waals surface area contributed by atoms with Crippen LogP contribution in [0.2, 0.25) is 5.02 Å². The first-order valence-corrected chi connectivity index (χ1v) is 7.58. The predicted molar refractivity (Wildman–Crippen MR) is 90.9 cm³/mol. The molecule has 0 saturated heterocycles. The van der Waals surface area contributed by atoms with Crippen LogP contribution < -0.4 is 5.73 Å². The van der Waals surface area contributed by atoms with Crippen molar-refractivity contribution in [3.8, 4) is 0 Å². The highest BCUT2D eigenvalue weighted by Gasteiger charge is 2.12. The molecule has 0 aromatic heterocycles. The molecule has 0 saturated carbocycles. The first-order valence-electron chi connectivity index (χ1n) is 7.20. The molecule has 2 heteroatoms. The summed E-state index contributed by atoms with van der Waals surface area (Å²) in [5.74, 6) is 0.313. The fourth-order valence-electron chi connectivity index (χ4n) is 2.81. The van der Waals surface area contributed by atoms with Crippen LogP contribution in [0.15, 0.2) is 66.7 Å². The van der Waals surface area contributed by atoms with Crippen molar-refractivity contribution in [2.75, 3.05) is 6.54 Å². The highest BCUT2D eigenvalue weighted by atomic mass is 35.5. The van der Waals surface area contributed by atoms with Gasteiger partial charge in [-0.3, -0.25) is 0 Å². The van der Waals surface area contributed by atoms with Crippen molar-refractivity contribution >= 4 is 22.4 Å². The molecule has 0 aliphatic heterocycles. The summed E-state index contributed by atoms with van der Waals surface area (Å²) in [7, 11) is 0. The van der Waals surface area contributed by atoms with Crippen LogP contribution in [0.3, 0.4) is 0 Å². The Kier molecular flexibility index (Phi) is 4.23. The van der Waals surface area contributed by atoms with Gasteiger partial charge in [-0.25, -0.2) is 0 Å². The molecular formula is C19H18ClN. The highest BCUT2D eigenvalue weighted by Crippen LogP contribution is 2.26. The zero-order valence-corrected chi connectivity index (χ0v) is 12.6. The molecule has 1 nitrogen and oxygen atoms in total. The molecule has 3 aromatic rings. The van der Waals surface area contributed by atoms with Crippen molar-refractivity contribution in [2.24, 2.45) is 5.73 Å². The van der Waals surface area contributed by atoms with Crippen LogP contribution in [0.4, 0.5) is 0 Å². The molecule has 0 radical (unpaired) electrons. The Labute approximate surface area is 130 Å². The summed E-state index contributed by atoms with van der Waals surface area (Å²) in [5.41, 5.74) is 8.59. The van der Waals surface area contributed by atoms with Gasteiger partial charge < -0.3 is 5.73 Å². The molecule has 21 heavy (non-hydrogen) atoms. The monoisotopic (exact) mass is 295 g/mol. The number of halogens is 1. The van der Waals surface area contributed by atoms with E-state index >= 15 is 0 Å². The summed E-state index contributed by atoms with van der Waals surface area (Å²) in [4.78, 5) is 0. The molecule has 1 unspecified atom stereocenters. The quantitative estimate of drug-likeness (QED) is 0.736. The van der Waals surface area contributed by atoms with Gasteiger partial charge in [-0.05, 0) is 47.0 Å². The standard InChI is InChI=1S/C19H18ClN/c20-18-10-8-14(9-11-18)17(13-21)12-16-6-3-5-15-4-1-2-7-19(15)16/h1-11,17H,12-13,21H2. The summed E-state index contributed by atoms with van der Waals surface area (Å²) in [6, 6.07) is 23.0. The fraction of sp³-hybridized carbons (Fsp3) is 0.158. The average Bonchev–Trinajstić information content (AvgIpc) is 2.54. The van der Waals surface area contributed by atoms with Gasteiger partial charge in [0.1, 0.15) is 0 Å². The number of hydrogen-bond acceptors (Lipinski definition) is 1. The van der Waals surface area contributed by atoms with Crippen LogP contribution in [0.25, 0.3) is 10.8 Å². The Bertz CT molecular complexity index is 729. The van der Waals surface area contributed by atoms with Crippen molar-refractivity contribution in [1.82, 2.24) is 0 Å². The minimum Gasteiger partial charge on any atom is -0.330 e. The molecule has 3 rings (SSSR count). The predicted octanol–water partition coefficient (Wildman–Crippen LogP) is 4.78. The van der Waals surface area contributed by atoms with E-state index in [-0.39, 0.29) is 0 Å². The van der Waals surface area contributed by atoms with Gasteiger partial charge in [0.05, 0.1) is 0 Å². The van der Waals surface area contributed by atoms with Crippen LogP contribution >= 0.6 is 11.6 Å². The Morgan fingerprint density at radius 2 is 1.57 bits per heavy atom. The van der Waals surface area contributed by atoms with Crippen LogP contribution in [0, 0.1) is 0 Å². The molecule has 3 aromatic carbocycles. The van der Waals surface area contributed by atoms with Gasteiger partial charge in [-0.1, -0.05) is 66.2 Å². The van der Waals surface area contributed by atoms with Crippen molar-refractivity contribution in [3.63, 3.8) is 0 Å². The van der Waals surface area contributed by atoms with E-state index < -0.39 is 0 Å². The van der Waals surface area contributed by atoms with E-state index in [4.69, 9.17) is 17.3 Å². The van der Waals surface area contributed by atoms with Gasteiger partial charge in [0, 0.05) is 10.9 Å². The average molecular weight is 296 g/mol. The molecule has 0 bridgehead atoms. The summed E-state index contributed by atoms with van der Waals surface area (Å²) >= 11 is 5.97. The van der Waals surface area contributed by atoms with Crippen molar-refractivity contribution in [2.45, 2.75) is 12.3 Å². The lowest BCUT2D eigenvalue weighted by Gasteiger charge is -2.17. The Balaban J connectivity index is 1.94. The molecular weight excluding hydrogens is 278 g/mol. The first-order chi connectivity index (χ1) is 10.3. The lowest BCUT2D eigenvalue weighted by molar-refractivity contribution is 0.697. The molecule has 0 amide bonds. The van der Waals surface area contributed by atoms with Gasteiger partial charge >= 0.3 is 0 Å². The van der Waals surface area contributed by atoms with E-state index in [1.807, 2.05) is 12.1 Å². The van der Waals surface area contributed by atoms with Crippen molar-refractivity contribution in [1.29, 1.82) is 0 Å². The van der Waals surface area contributed by atoms with Crippen LogP contribution in [0.1, 0.15) is 17.0 Å². The van der Waals surface area contributed by atoms with Crippen LogP contribution in [0.5, 0.6) is 0 Å². The maximum absolute atomic E-state index is 6.00.